The highest BCUT2D eigenvalue weighted by atomic mass is 32.1. The molecule has 168 valence electrons. The molecular formula is C24H14N2O4S4. The SMILES string of the molecule is Cc1ccc(C2=C/C(=C3/C=C(c4ccc(-c5ncc(-c6cnc(C)s6)s5)s4)OC3=O)C(=O)O2)s1. The van der Waals surface area contributed by atoms with Gasteiger partial charge in [0, 0.05) is 17.3 Å². The maximum Gasteiger partial charge on any atom is 0.344 e. The summed E-state index contributed by atoms with van der Waals surface area (Å²) >= 11 is 6.24. The van der Waals surface area contributed by atoms with Crippen molar-refractivity contribution < 1.29 is 19.1 Å². The summed E-state index contributed by atoms with van der Waals surface area (Å²) in [6.45, 7) is 3.96. The number of ether oxygens (including phenoxy) is 2. The highest BCUT2D eigenvalue weighted by Crippen LogP contribution is 2.41. The van der Waals surface area contributed by atoms with Crippen LogP contribution in [0.1, 0.15) is 19.6 Å². The number of cyclic esters (lactones) is 2. The lowest BCUT2D eigenvalue weighted by molar-refractivity contribution is -0.133. The van der Waals surface area contributed by atoms with Crippen molar-refractivity contribution >= 4 is 68.8 Å². The van der Waals surface area contributed by atoms with Gasteiger partial charge in [0.05, 0.1) is 40.5 Å². The molecule has 0 unspecified atom stereocenters. The molecule has 0 saturated carbocycles. The average Bonchev–Trinajstić information content (AvgIpc) is 3.61. The van der Waals surface area contributed by atoms with Gasteiger partial charge in [-0.1, -0.05) is 0 Å². The van der Waals surface area contributed by atoms with E-state index in [2.05, 4.69) is 9.97 Å². The highest BCUT2D eigenvalue weighted by molar-refractivity contribution is 7.26. The topological polar surface area (TPSA) is 78.4 Å². The molecule has 6 nitrogen and oxygen atoms in total. The lowest BCUT2D eigenvalue weighted by Crippen LogP contribution is -2.05. The molecule has 2 aliphatic rings. The van der Waals surface area contributed by atoms with Gasteiger partial charge in [-0.25, -0.2) is 19.6 Å². The van der Waals surface area contributed by atoms with E-state index in [1.54, 1.807) is 34.8 Å². The van der Waals surface area contributed by atoms with Crippen LogP contribution >= 0.6 is 45.3 Å². The number of carbonyl (C=O) groups is 2. The molecule has 34 heavy (non-hydrogen) atoms. The second kappa shape index (κ2) is 8.24. The highest BCUT2D eigenvalue weighted by Gasteiger charge is 2.33. The number of hydrogen-bond acceptors (Lipinski definition) is 10. The average molecular weight is 523 g/mol. The molecule has 0 amide bonds. The predicted octanol–water partition coefficient (Wildman–Crippen LogP) is 6.47. The Kier molecular flexibility index (Phi) is 5.18. The third-order valence-electron chi connectivity index (χ3n) is 5.10. The summed E-state index contributed by atoms with van der Waals surface area (Å²) in [5.74, 6) is -0.241. The van der Waals surface area contributed by atoms with Crippen LogP contribution in [0.4, 0.5) is 0 Å². The Morgan fingerprint density at radius 3 is 1.85 bits per heavy atom. The molecule has 0 N–H and O–H groups in total. The van der Waals surface area contributed by atoms with Gasteiger partial charge < -0.3 is 9.47 Å². The predicted molar refractivity (Wildman–Crippen MR) is 135 cm³/mol. The lowest BCUT2D eigenvalue weighted by atomic mass is 10.1. The summed E-state index contributed by atoms with van der Waals surface area (Å²) in [6.07, 6.45) is 6.94. The third-order valence-corrected chi connectivity index (χ3v) is 9.49. The summed E-state index contributed by atoms with van der Waals surface area (Å²) in [7, 11) is 0. The fourth-order valence-corrected chi connectivity index (χ4v) is 7.09. The van der Waals surface area contributed by atoms with E-state index in [-0.39, 0.29) is 11.1 Å². The van der Waals surface area contributed by atoms with Crippen molar-refractivity contribution in [2.75, 3.05) is 0 Å². The minimum absolute atomic E-state index is 0.204. The van der Waals surface area contributed by atoms with Crippen molar-refractivity contribution in [2.24, 2.45) is 0 Å². The zero-order chi connectivity index (χ0) is 23.4. The van der Waals surface area contributed by atoms with E-state index in [1.807, 2.05) is 50.5 Å². The van der Waals surface area contributed by atoms with Gasteiger partial charge in [0.1, 0.15) is 16.5 Å². The van der Waals surface area contributed by atoms with Crippen LogP contribution in [0, 0.1) is 13.8 Å². The van der Waals surface area contributed by atoms with Gasteiger partial charge in [0.25, 0.3) is 0 Å². The number of rotatable bonds is 4. The molecule has 0 atom stereocenters. The van der Waals surface area contributed by atoms with Crippen LogP contribution in [-0.2, 0) is 19.1 Å². The molecule has 10 heteroatoms. The van der Waals surface area contributed by atoms with Gasteiger partial charge in [0.2, 0.25) is 0 Å². The molecule has 0 bridgehead atoms. The van der Waals surface area contributed by atoms with Gasteiger partial charge in [-0.2, -0.15) is 0 Å². The maximum atomic E-state index is 12.6. The molecule has 0 radical (unpaired) electrons. The second-order valence-electron chi connectivity index (χ2n) is 7.47. The Morgan fingerprint density at radius 1 is 0.647 bits per heavy atom. The van der Waals surface area contributed by atoms with E-state index in [4.69, 9.17) is 9.47 Å². The summed E-state index contributed by atoms with van der Waals surface area (Å²) in [6, 6.07) is 7.71. The number of aryl methyl sites for hydroxylation is 2. The van der Waals surface area contributed by atoms with Crippen molar-refractivity contribution in [3.05, 3.63) is 79.6 Å². The molecule has 0 spiro atoms. The largest absolute Gasteiger partial charge is 0.421 e. The maximum absolute atomic E-state index is 12.6. The van der Waals surface area contributed by atoms with Crippen LogP contribution in [0.5, 0.6) is 0 Å². The van der Waals surface area contributed by atoms with E-state index >= 15 is 0 Å². The number of hydrogen-bond donors (Lipinski definition) is 0. The first-order chi connectivity index (χ1) is 16.4. The van der Waals surface area contributed by atoms with E-state index in [0.29, 0.717) is 11.5 Å². The van der Waals surface area contributed by atoms with Crippen molar-refractivity contribution in [3.8, 4) is 19.6 Å². The number of carbonyl (C=O) groups excluding carboxylic acids is 2. The van der Waals surface area contributed by atoms with Gasteiger partial charge in [0.15, 0.2) is 0 Å². The van der Waals surface area contributed by atoms with Gasteiger partial charge >= 0.3 is 11.9 Å². The zero-order valence-corrected chi connectivity index (χ0v) is 21.0. The number of thiazole rings is 2. The molecule has 0 saturated heterocycles. The molecule has 2 aliphatic heterocycles. The number of nitrogens with zero attached hydrogens (tertiary/aromatic N) is 2. The lowest BCUT2D eigenvalue weighted by Gasteiger charge is -1.97. The third kappa shape index (κ3) is 3.78. The Balaban J connectivity index is 1.29. The first kappa shape index (κ1) is 21.4. The monoisotopic (exact) mass is 522 g/mol. The fourth-order valence-electron chi connectivity index (χ4n) is 3.50. The van der Waals surface area contributed by atoms with E-state index < -0.39 is 11.9 Å². The molecule has 0 fully saturated rings. The van der Waals surface area contributed by atoms with Crippen LogP contribution in [-0.4, -0.2) is 21.9 Å². The van der Waals surface area contributed by atoms with Crippen LogP contribution in [0.2, 0.25) is 0 Å². The molecule has 0 aromatic carbocycles. The van der Waals surface area contributed by atoms with Crippen molar-refractivity contribution in [2.45, 2.75) is 13.8 Å². The van der Waals surface area contributed by atoms with E-state index in [1.165, 1.54) is 22.7 Å². The van der Waals surface area contributed by atoms with Crippen molar-refractivity contribution in [1.29, 1.82) is 0 Å². The summed E-state index contributed by atoms with van der Waals surface area (Å²) in [5, 5.41) is 1.90. The van der Waals surface area contributed by atoms with Gasteiger partial charge in [-0.05, 0) is 50.3 Å². The minimum atomic E-state index is -0.561. The van der Waals surface area contributed by atoms with Crippen LogP contribution in [0.3, 0.4) is 0 Å². The Morgan fingerprint density at radius 2 is 1.24 bits per heavy atom. The molecule has 6 rings (SSSR count). The minimum Gasteiger partial charge on any atom is -0.421 e. The van der Waals surface area contributed by atoms with Crippen molar-refractivity contribution in [1.82, 2.24) is 9.97 Å². The quantitative estimate of drug-likeness (QED) is 0.226. The Bertz CT molecular complexity index is 1580. The zero-order valence-electron chi connectivity index (χ0n) is 17.8. The first-order valence-corrected chi connectivity index (χ1v) is 13.4. The molecule has 0 aliphatic carbocycles. The first-order valence-electron chi connectivity index (χ1n) is 10.1. The Hall–Kier alpha value is -3.18. The smallest absolute Gasteiger partial charge is 0.344 e. The second-order valence-corrected chi connectivity index (χ2v) is 12.1. The number of aromatic nitrogens is 2. The van der Waals surface area contributed by atoms with Crippen LogP contribution in [0.15, 0.2) is 60.0 Å². The molecule has 4 aromatic rings. The van der Waals surface area contributed by atoms with E-state index in [9.17, 15) is 9.59 Å². The summed E-state index contributed by atoms with van der Waals surface area (Å²) in [5.41, 5.74) is 0.414. The summed E-state index contributed by atoms with van der Waals surface area (Å²) in [4.78, 5) is 39.8. The van der Waals surface area contributed by atoms with E-state index in [0.717, 1.165) is 39.3 Å². The van der Waals surface area contributed by atoms with Crippen molar-refractivity contribution in [3.63, 3.8) is 0 Å². The standard InChI is InChI=1S/C24H14N2O4S4/c1-11-3-4-17(31-11)15-7-13(23(27)29-15)14-8-16(30-24(14)28)18-5-6-19(33-18)22-26-10-21(34-22)20-9-25-12(2)32-20/h3-10H,1-2H3/b14-13+. The molecular weight excluding hydrogens is 509 g/mol. The number of esters is 2. The van der Waals surface area contributed by atoms with Crippen LogP contribution in [0.25, 0.3) is 31.2 Å². The van der Waals surface area contributed by atoms with Gasteiger partial charge in [-0.15, -0.1) is 45.3 Å². The van der Waals surface area contributed by atoms with Crippen LogP contribution < -0.4 is 0 Å². The molecule has 4 aromatic heterocycles. The normalized spacial score (nSPS) is 17.7. The fraction of sp³-hybridized carbons (Fsp3) is 0.0833. The van der Waals surface area contributed by atoms with Gasteiger partial charge in [-0.3, -0.25) is 0 Å². The number of thiophene rings is 2. The Labute approximate surface area is 210 Å². The molecule has 6 heterocycles. The summed E-state index contributed by atoms with van der Waals surface area (Å²) < 4.78 is 10.9.